The molecule has 0 fully saturated rings. The lowest BCUT2D eigenvalue weighted by Gasteiger charge is -2.29. The van der Waals surface area contributed by atoms with Crippen LogP contribution in [0.15, 0.2) is 496 Å². The molecule has 0 saturated heterocycles. The van der Waals surface area contributed by atoms with Crippen LogP contribution in [-0.2, 0) is 35.4 Å². The van der Waals surface area contributed by atoms with Crippen molar-refractivity contribution in [3.05, 3.63) is 495 Å². The van der Waals surface area contributed by atoms with Gasteiger partial charge in [-0.15, -0.1) is 0 Å². The van der Waals surface area contributed by atoms with E-state index in [0.717, 1.165) is 58.0 Å². The van der Waals surface area contributed by atoms with Crippen molar-refractivity contribution < 1.29 is 27.1 Å². The lowest BCUT2D eigenvalue weighted by molar-refractivity contribution is 0.395. The van der Waals surface area contributed by atoms with Gasteiger partial charge in [0.1, 0.15) is 34.5 Å². The molecule has 19 nitrogen and oxygen atoms in total. The predicted molar refractivity (Wildman–Crippen MR) is 625 cm³/mol. The van der Waals surface area contributed by atoms with Crippen LogP contribution in [0.2, 0.25) is 0 Å². The summed E-state index contributed by atoms with van der Waals surface area (Å²) in [5, 5.41) is 49.6. The largest absolute Gasteiger partial charge is 0.420 e. The van der Waals surface area contributed by atoms with Gasteiger partial charge >= 0.3 is 19.9 Å². The zero-order valence-electron chi connectivity index (χ0n) is 80.4. The molecule has 16 aromatic carbocycles. The Labute approximate surface area is 866 Å². The molecule has 30 heteroatoms. The molecular weight excluding hydrogens is 1990 g/mol. The molecule has 0 heterocycles. The Kier molecular flexibility index (Phi) is 36.9. The van der Waals surface area contributed by atoms with E-state index in [0.29, 0.717) is 45.6 Å². The first-order valence-electron chi connectivity index (χ1n) is 46.3. The number of hydrogen-bond donors (Lipinski definition) is 0. The second-order valence-electron chi connectivity index (χ2n) is 33.0. The molecular formula is C114H109N13O6P8S3. The highest BCUT2D eigenvalue weighted by Crippen LogP contribution is 2.63. The third kappa shape index (κ3) is 29.3. The molecule has 724 valence electrons. The molecule has 0 atom stereocenters. The van der Waals surface area contributed by atoms with Gasteiger partial charge in [-0.1, -0.05) is 310 Å². The Morgan fingerprint density at radius 1 is 0.229 bits per heavy atom. The van der Waals surface area contributed by atoms with Crippen LogP contribution < -0.4 is 80.2 Å². The summed E-state index contributed by atoms with van der Waals surface area (Å²) in [7, 11) is 5.72. The van der Waals surface area contributed by atoms with Gasteiger partial charge in [0.15, 0.2) is 0 Å². The van der Waals surface area contributed by atoms with E-state index in [-0.39, 0.29) is 0 Å². The van der Waals surface area contributed by atoms with Crippen molar-refractivity contribution in [2.24, 2.45) is 35.1 Å². The summed E-state index contributed by atoms with van der Waals surface area (Å²) in [6.45, 7) is -6.49. The number of rotatable bonds is 46. The van der Waals surface area contributed by atoms with E-state index in [1.54, 1.807) is 36.1 Å². The second-order valence-corrected chi connectivity index (χ2v) is 54.4. The fraction of sp³-hybridized carbons (Fsp3) is 0.0877. The smallest absolute Gasteiger partial charge is 0.413 e. The standard InChI is InChI=1S/C114H109N13O6P8S3/c1-8-138(113-55-35-17-36-56-113,114-57-37-18-38-58-114)121-139(142,128-99-71-59-97(60-72-99)87-119-126(6)140(143,130-101-75-63-93(64-76-101)83-115-122(2)89-134(105-39-19-9-20-40-105)106-41-21-10-22-42-106)131-102-77-65-94(66-78-102)84-116-123(3)90-135(107-43-23-11-24-44-107)108-45-25-12-26-46-108)129-100-73-61-98(62-74-100)88-120-127(7)141(144,132-103-79-67-95(68-80-103)85-117-124(4)91-136(109-47-27-13-28-48-109)110-49-29-14-30-50-110)133-104-81-69-96(70-82-104)86-118-125(5)92-137(111-51-31-15-32-52-111)112-53-33-16-34-54-112/h8-88H,1,89-92H2,2-7H3/b115-83+,116-84+,117-85+,118-86+,119-87+,120-88+. The van der Waals surface area contributed by atoms with Crippen molar-refractivity contribution in [3.63, 3.8) is 0 Å². The molecule has 0 saturated carbocycles. The van der Waals surface area contributed by atoms with Crippen LogP contribution in [0.4, 0.5) is 0 Å². The third-order valence-electron chi connectivity index (χ3n) is 22.4. The van der Waals surface area contributed by atoms with Gasteiger partial charge in [-0.3, -0.25) is 20.0 Å². The Morgan fingerprint density at radius 2 is 0.396 bits per heavy atom. The molecule has 0 aliphatic rings. The van der Waals surface area contributed by atoms with Gasteiger partial charge in [0.25, 0.3) is 0 Å². The average Bonchev–Trinajstić information content (AvgIpc) is 0.760. The van der Waals surface area contributed by atoms with Crippen LogP contribution in [0.5, 0.6) is 34.5 Å². The molecule has 0 N–H and O–H groups in total. The highest BCUT2D eigenvalue weighted by molar-refractivity contribution is 8.12. The van der Waals surface area contributed by atoms with E-state index in [4.69, 9.17) is 97.7 Å². The zero-order valence-corrected chi connectivity index (χ0v) is 90.0. The van der Waals surface area contributed by atoms with Crippen molar-refractivity contribution >= 4 is 184 Å². The maximum atomic E-state index is 7.03. The van der Waals surface area contributed by atoms with E-state index in [2.05, 4.69) is 249 Å². The van der Waals surface area contributed by atoms with Gasteiger partial charge < -0.3 is 27.1 Å². The number of benzene rings is 16. The Morgan fingerprint density at radius 3 is 0.576 bits per heavy atom. The monoisotopic (exact) mass is 2100 g/mol. The molecule has 0 aromatic heterocycles. The SMILES string of the molecule is C=CP(=NP(=S)(Oc1ccc(/C=N/N(C)P(=S)(Oc2ccc(/C=N/N(C)CP(c3ccccc3)c3ccccc3)cc2)Oc2ccc(/C=N/N(C)CP(c3ccccc3)c3ccccc3)cc2)cc1)Oc1ccc(/C=N/N(C)P(=S)(Oc2ccc(/C=N/N(C)CP(c3ccccc3)c3ccccc3)cc2)Oc2ccc(/C=N/N(C)CP(c3ccccc3)c3ccccc3)cc2)cc1)(c1ccccc1)c1ccccc1. The normalized spacial score (nSPS) is 12.0. The molecule has 0 radical (unpaired) electrons. The first-order chi connectivity index (χ1) is 70.3. The molecule has 0 aliphatic heterocycles. The first kappa shape index (κ1) is 104. The number of nitrogens with zero attached hydrogens (tertiary/aromatic N) is 13. The summed E-state index contributed by atoms with van der Waals surface area (Å²) in [6, 6.07) is 150. The van der Waals surface area contributed by atoms with Crippen LogP contribution in [0.25, 0.3) is 0 Å². The Balaban J connectivity index is 0.642. The lowest BCUT2D eigenvalue weighted by Crippen LogP contribution is -2.22. The van der Waals surface area contributed by atoms with Gasteiger partial charge in [0.05, 0.1) is 69.5 Å². The van der Waals surface area contributed by atoms with Crippen molar-refractivity contribution in [1.82, 2.24) is 29.6 Å². The van der Waals surface area contributed by atoms with Crippen molar-refractivity contribution in [2.75, 3.05) is 67.4 Å². The molecule has 16 rings (SSSR count). The fourth-order valence-electron chi connectivity index (χ4n) is 15.0. The van der Waals surface area contributed by atoms with Gasteiger partial charge in [0.2, 0.25) is 0 Å². The van der Waals surface area contributed by atoms with Crippen molar-refractivity contribution in [1.29, 1.82) is 0 Å². The molecule has 0 bridgehead atoms. The Bertz CT molecular complexity index is 6330. The van der Waals surface area contributed by atoms with E-state index in [9.17, 15) is 0 Å². The van der Waals surface area contributed by atoms with E-state index in [1.807, 2.05) is 285 Å². The summed E-state index contributed by atoms with van der Waals surface area (Å²) >= 11 is 19.8. The molecule has 0 amide bonds. The van der Waals surface area contributed by atoms with Gasteiger partial charge in [-0.05, 0) is 259 Å². The molecule has 0 unspecified atom stereocenters. The van der Waals surface area contributed by atoms with Crippen LogP contribution in [0.3, 0.4) is 0 Å². The highest BCUT2D eigenvalue weighted by Gasteiger charge is 2.34. The molecule has 0 aliphatic carbocycles. The maximum absolute atomic E-state index is 7.03. The van der Waals surface area contributed by atoms with Gasteiger partial charge in [-0.25, -0.2) is 9.56 Å². The molecule has 0 spiro atoms. The van der Waals surface area contributed by atoms with Crippen molar-refractivity contribution in [2.45, 2.75) is 0 Å². The number of hydrogen-bond acceptors (Lipinski definition) is 19. The fourth-order valence-corrected chi connectivity index (χ4v) is 34.5. The van der Waals surface area contributed by atoms with Gasteiger partial charge in [-0.2, -0.15) is 35.1 Å². The summed E-state index contributed by atoms with van der Waals surface area (Å²) in [4.78, 5) is 0. The molecule has 16 aromatic rings. The second kappa shape index (κ2) is 51.3. The summed E-state index contributed by atoms with van der Waals surface area (Å²) in [5.74, 6) is 4.60. The first-order valence-corrected chi connectivity index (χ1v) is 62.0. The van der Waals surface area contributed by atoms with Crippen LogP contribution in [0.1, 0.15) is 33.4 Å². The minimum Gasteiger partial charge on any atom is -0.420 e. The third-order valence-corrected chi connectivity index (χ3v) is 45.0. The zero-order chi connectivity index (χ0) is 99.8. The van der Waals surface area contributed by atoms with Crippen LogP contribution in [-0.4, -0.2) is 134 Å². The van der Waals surface area contributed by atoms with E-state index < -0.39 is 58.7 Å². The topological polar surface area (TPSA) is 161 Å². The van der Waals surface area contributed by atoms with E-state index in [1.165, 1.54) is 42.4 Å². The summed E-state index contributed by atoms with van der Waals surface area (Å²) < 4.78 is 50.2. The van der Waals surface area contributed by atoms with E-state index >= 15 is 0 Å². The lowest BCUT2D eigenvalue weighted by atomic mass is 10.2. The Hall–Kier alpha value is -13.2. The summed E-state index contributed by atoms with van der Waals surface area (Å²) in [5.41, 5.74) is 4.86. The van der Waals surface area contributed by atoms with Crippen LogP contribution in [0, 0.1) is 0 Å². The number of hydrazone groups is 6. The minimum absolute atomic E-state index is 0.398. The van der Waals surface area contributed by atoms with Crippen molar-refractivity contribution in [3.8, 4) is 34.5 Å². The summed E-state index contributed by atoms with van der Waals surface area (Å²) in [6.07, 6.45) is 13.7. The molecule has 144 heavy (non-hydrogen) atoms. The highest BCUT2D eigenvalue weighted by atomic mass is 32.5. The predicted octanol–water partition coefficient (Wildman–Crippen LogP) is 24.1. The van der Waals surface area contributed by atoms with Gasteiger partial charge in [0, 0.05) is 88.3 Å². The minimum atomic E-state index is -3.82. The van der Waals surface area contributed by atoms with Crippen LogP contribution >= 0.6 is 58.7 Å². The maximum Gasteiger partial charge on any atom is 0.413 e. The average molecular weight is 2100 g/mol. The quantitative estimate of drug-likeness (QED) is 0.0201.